The molecule has 1 saturated heterocycles. The summed E-state index contributed by atoms with van der Waals surface area (Å²) in [6, 6.07) is -0.651. The molecule has 3 aliphatic rings. The number of hydrogen-bond acceptors (Lipinski definition) is 2. The van der Waals surface area contributed by atoms with Crippen LogP contribution in [0.25, 0.3) is 0 Å². The maximum absolute atomic E-state index is 12.2. The van der Waals surface area contributed by atoms with Gasteiger partial charge >= 0.3 is 0 Å². The summed E-state index contributed by atoms with van der Waals surface area (Å²) in [6.45, 7) is 4.42. The molecule has 1 heterocycles. The third kappa shape index (κ3) is 2.13. The summed E-state index contributed by atoms with van der Waals surface area (Å²) in [4.78, 5) is 25.8. The van der Waals surface area contributed by atoms with E-state index in [1.54, 1.807) is 6.92 Å². The first-order valence-electron chi connectivity index (χ1n) is 7.18. The molecule has 0 aromatic heterocycles. The molecule has 4 nitrogen and oxygen atoms in total. The van der Waals surface area contributed by atoms with Crippen molar-refractivity contribution in [3.05, 3.63) is 0 Å². The fourth-order valence-corrected chi connectivity index (χ4v) is 3.18. The number of nitrogens with one attached hydrogen (secondary N) is 1. The predicted molar refractivity (Wildman–Crippen MR) is 67.7 cm³/mol. The molecule has 2 saturated carbocycles. The van der Waals surface area contributed by atoms with Crippen LogP contribution < -0.4 is 5.32 Å². The Bertz CT molecular complexity index is 362. The molecule has 1 N–H and O–H groups in total. The molecule has 0 radical (unpaired) electrons. The molecule has 0 aromatic rings. The van der Waals surface area contributed by atoms with E-state index in [9.17, 15) is 9.59 Å². The van der Waals surface area contributed by atoms with Crippen molar-refractivity contribution in [2.75, 3.05) is 6.54 Å². The minimum absolute atomic E-state index is 0.00700. The zero-order valence-corrected chi connectivity index (χ0v) is 11.2. The highest BCUT2D eigenvalue weighted by Gasteiger charge is 2.45. The number of rotatable bonds is 4. The molecule has 3 rings (SSSR count). The molecule has 2 unspecified atom stereocenters. The van der Waals surface area contributed by atoms with Crippen LogP contribution in [0.15, 0.2) is 0 Å². The Hall–Kier alpha value is -1.06. The number of carbonyl (C=O) groups is 2. The van der Waals surface area contributed by atoms with Gasteiger partial charge in [-0.05, 0) is 57.3 Å². The predicted octanol–water partition coefficient (Wildman–Crippen LogP) is 1.16. The van der Waals surface area contributed by atoms with Crippen LogP contribution in [-0.2, 0) is 9.59 Å². The first-order valence-corrected chi connectivity index (χ1v) is 7.18. The quantitative estimate of drug-likeness (QED) is 0.814. The molecule has 2 aliphatic carbocycles. The smallest absolute Gasteiger partial charge is 0.245 e. The fourth-order valence-electron chi connectivity index (χ4n) is 3.18. The van der Waals surface area contributed by atoms with Crippen LogP contribution in [0.4, 0.5) is 0 Å². The summed E-state index contributed by atoms with van der Waals surface area (Å²) in [7, 11) is 0. The molecule has 1 aliphatic heterocycles. The largest absolute Gasteiger partial charge is 0.343 e. The average molecular weight is 250 g/mol. The number of hydrogen-bond donors (Lipinski definition) is 1. The van der Waals surface area contributed by atoms with Crippen LogP contribution in [0, 0.1) is 17.8 Å². The molecule has 2 amide bonds. The van der Waals surface area contributed by atoms with Crippen molar-refractivity contribution in [2.24, 2.45) is 17.8 Å². The normalized spacial score (nSPS) is 32.9. The monoisotopic (exact) mass is 250 g/mol. The SMILES string of the molecule is CC1NC(=O)C(C)N(CC(C2CC2)C2CC2)C1=O. The average Bonchev–Trinajstić information content (AvgIpc) is 3.18. The number of piperazine rings is 1. The second-order valence-electron chi connectivity index (χ2n) is 6.24. The van der Waals surface area contributed by atoms with Crippen LogP contribution in [-0.4, -0.2) is 35.3 Å². The van der Waals surface area contributed by atoms with E-state index in [0.29, 0.717) is 5.92 Å². The Balaban J connectivity index is 1.71. The van der Waals surface area contributed by atoms with Crippen molar-refractivity contribution in [3.63, 3.8) is 0 Å². The van der Waals surface area contributed by atoms with Gasteiger partial charge in [0, 0.05) is 6.54 Å². The maximum atomic E-state index is 12.2. The lowest BCUT2D eigenvalue weighted by molar-refractivity contribution is -0.149. The van der Waals surface area contributed by atoms with Gasteiger partial charge in [-0.3, -0.25) is 9.59 Å². The van der Waals surface area contributed by atoms with Crippen molar-refractivity contribution < 1.29 is 9.59 Å². The summed E-state index contributed by atoms with van der Waals surface area (Å²) in [5, 5.41) is 2.74. The Morgan fingerprint density at radius 2 is 1.72 bits per heavy atom. The van der Waals surface area contributed by atoms with Gasteiger partial charge in [-0.15, -0.1) is 0 Å². The van der Waals surface area contributed by atoms with Crippen LogP contribution in [0.1, 0.15) is 39.5 Å². The molecule has 3 fully saturated rings. The van der Waals surface area contributed by atoms with E-state index < -0.39 is 0 Å². The van der Waals surface area contributed by atoms with Gasteiger partial charge in [0.2, 0.25) is 11.8 Å². The highest BCUT2D eigenvalue weighted by Crippen LogP contribution is 2.49. The molecule has 0 aromatic carbocycles. The molecule has 0 spiro atoms. The van der Waals surface area contributed by atoms with Crippen molar-refractivity contribution in [2.45, 2.75) is 51.6 Å². The molecular weight excluding hydrogens is 228 g/mol. The number of amides is 2. The standard InChI is InChI=1S/C14H22N2O2/c1-8-14(18)16(9(2)13(17)15-8)7-12(10-3-4-10)11-5-6-11/h8-12H,3-7H2,1-2H3,(H,15,17). The fraction of sp³-hybridized carbons (Fsp3) is 0.857. The van der Waals surface area contributed by atoms with E-state index in [1.807, 2.05) is 11.8 Å². The third-order valence-corrected chi connectivity index (χ3v) is 4.72. The van der Waals surface area contributed by atoms with E-state index in [1.165, 1.54) is 25.7 Å². The van der Waals surface area contributed by atoms with E-state index in [0.717, 1.165) is 18.4 Å². The van der Waals surface area contributed by atoms with E-state index >= 15 is 0 Å². The first kappa shape index (κ1) is 12.0. The van der Waals surface area contributed by atoms with Gasteiger partial charge in [0.15, 0.2) is 0 Å². The van der Waals surface area contributed by atoms with Gasteiger partial charge < -0.3 is 10.2 Å². The van der Waals surface area contributed by atoms with Crippen molar-refractivity contribution >= 4 is 11.8 Å². The van der Waals surface area contributed by atoms with Crippen molar-refractivity contribution in [3.8, 4) is 0 Å². The lowest BCUT2D eigenvalue weighted by Gasteiger charge is -2.38. The van der Waals surface area contributed by atoms with Gasteiger partial charge in [0.25, 0.3) is 0 Å². The van der Waals surface area contributed by atoms with E-state index in [2.05, 4.69) is 5.32 Å². The van der Waals surface area contributed by atoms with Crippen LogP contribution in [0.2, 0.25) is 0 Å². The summed E-state index contributed by atoms with van der Waals surface area (Å²) in [5.41, 5.74) is 0. The summed E-state index contributed by atoms with van der Waals surface area (Å²) < 4.78 is 0. The van der Waals surface area contributed by atoms with Crippen molar-refractivity contribution in [1.82, 2.24) is 10.2 Å². The Kier molecular flexibility index (Phi) is 2.83. The van der Waals surface area contributed by atoms with Gasteiger partial charge in [-0.25, -0.2) is 0 Å². The lowest BCUT2D eigenvalue weighted by atomic mass is 9.95. The first-order chi connectivity index (χ1) is 8.58. The second-order valence-corrected chi connectivity index (χ2v) is 6.24. The molecule has 2 atom stereocenters. The zero-order chi connectivity index (χ0) is 12.9. The third-order valence-electron chi connectivity index (χ3n) is 4.72. The number of carbonyl (C=O) groups excluding carboxylic acids is 2. The Labute approximate surface area is 108 Å². The second kappa shape index (κ2) is 4.25. The molecule has 4 heteroatoms. The molecule has 0 bridgehead atoms. The minimum atomic E-state index is -0.354. The van der Waals surface area contributed by atoms with Gasteiger partial charge in [-0.2, -0.15) is 0 Å². The highest BCUT2D eigenvalue weighted by atomic mass is 16.2. The van der Waals surface area contributed by atoms with E-state index in [-0.39, 0.29) is 23.9 Å². The molecular formula is C14H22N2O2. The van der Waals surface area contributed by atoms with Gasteiger partial charge in [0.05, 0.1) is 0 Å². The van der Waals surface area contributed by atoms with Gasteiger partial charge in [0.1, 0.15) is 12.1 Å². The summed E-state index contributed by atoms with van der Waals surface area (Å²) in [5.74, 6) is 2.37. The number of nitrogens with zero attached hydrogens (tertiary/aromatic N) is 1. The van der Waals surface area contributed by atoms with Crippen LogP contribution in [0.5, 0.6) is 0 Å². The minimum Gasteiger partial charge on any atom is -0.343 e. The van der Waals surface area contributed by atoms with Crippen LogP contribution >= 0.6 is 0 Å². The van der Waals surface area contributed by atoms with Crippen molar-refractivity contribution in [1.29, 1.82) is 0 Å². The summed E-state index contributed by atoms with van der Waals surface area (Å²) >= 11 is 0. The maximum Gasteiger partial charge on any atom is 0.245 e. The lowest BCUT2D eigenvalue weighted by Crippen LogP contribution is -2.62. The summed E-state index contributed by atoms with van der Waals surface area (Å²) in [6.07, 6.45) is 5.28. The van der Waals surface area contributed by atoms with E-state index in [4.69, 9.17) is 0 Å². The zero-order valence-electron chi connectivity index (χ0n) is 11.2. The highest BCUT2D eigenvalue weighted by molar-refractivity contribution is 5.96. The Morgan fingerprint density at radius 3 is 2.22 bits per heavy atom. The topological polar surface area (TPSA) is 49.4 Å². The molecule has 18 heavy (non-hydrogen) atoms. The van der Waals surface area contributed by atoms with Gasteiger partial charge in [-0.1, -0.05) is 0 Å². The molecule has 100 valence electrons. The van der Waals surface area contributed by atoms with Crippen LogP contribution in [0.3, 0.4) is 0 Å². The Morgan fingerprint density at radius 1 is 1.17 bits per heavy atom.